The molecule has 0 atom stereocenters. The predicted octanol–water partition coefficient (Wildman–Crippen LogP) is 3.63. The van der Waals surface area contributed by atoms with Gasteiger partial charge in [0.1, 0.15) is 12.1 Å². The van der Waals surface area contributed by atoms with E-state index in [0.29, 0.717) is 45.6 Å². The Hall–Kier alpha value is -4.77. The monoisotopic (exact) mass is 499 g/mol. The third-order valence-electron chi connectivity index (χ3n) is 5.45. The van der Waals surface area contributed by atoms with Gasteiger partial charge in [-0.05, 0) is 23.8 Å². The number of carbonyl (C=O) groups is 2. The van der Waals surface area contributed by atoms with Gasteiger partial charge in [-0.2, -0.15) is 5.10 Å². The average Bonchev–Trinajstić information content (AvgIpc) is 3.59. The lowest BCUT2D eigenvalue weighted by Crippen LogP contribution is -2.23. The van der Waals surface area contributed by atoms with E-state index in [1.54, 1.807) is 35.0 Å². The molecule has 3 heterocycles. The van der Waals surface area contributed by atoms with Gasteiger partial charge in [0.25, 0.3) is 11.8 Å². The van der Waals surface area contributed by atoms with Gasteiger partial charge in [-0.1, -0.05) is 30.3 Å². The number of benzene rings is 2. The Labute approximate surface area is 209 Å². The van der Waals surface area contributed by atoms with Crippen LogP contribution >= 0.6 is 11.3 Å². The second-order valence-corrected chi connectivity index (χ2v) is 8.67. The Morgan fingerprint density at radius 2 is 1.94 bits per heavy atom. The van der Waals surface area contributed by atoms with Crippen LogP contribution in [0.2, 0.25) is 0 Å². The van der Waals surface area contributed by atoms with E-state index in [1.165, 1.54) is 24.8 Å². The lowest BCUT2D eigenvalue weighted by Gasteiger charge is -2.13. The third-order valence-corrected chi connectivity index (χ3v) is 6.39. The second-order valence-electron chi connectivity index (χ2n) is 7.76. The van der Waals surface area contributed by atoms with Gasteiger partial charge in [0.2, 0.25) is 0 Å². The highest BCUT2D eigenvalue weighted by Crippen LogP contribution is 2.29. The minimum Gasteiger partial charge on any atom is -0.496 e. The molecule has 4 N–H and O–H groups in total. The molecule has 36 heavy (non-hydrogen) atoms. The summed E-state index contributed by atoms with van der Waals surface area (Å²) in [4.78, 5) is 33.5. The molecular formula is C25H21N7O3S. The number of carbonyl (C=O) groups excluding carboxylic acids is 2. The summed E-state index contributed by atoms with van der Waals surface area (Å²) in [6, 6.07) is 16.5. The van der Waals surface area contributed by atoms with Crippen molar-refractivity contribution in [3.63, 3.8) is 0 Å². The highest BCUT2D eigenvalue weighted by Gasteiger charge is 2.16. The maximum atomic E-state index is 12.7. The quantitative estimate of drug-likeness (QED) is 0.296. The van der Waals surface area contributed by atoms with Crippen LogP contribution in [-0.4, -0.2) is 38.5 Å². The maximum Gasteiger partial charge on any atom is 0.258 e. The molecule has 180 valence electrons. The van der Waals surface area contributed by atoms with Crippen molar-refractivity contribution in [3.05, 3.63) is 88.5 Å². The normalized spacial score (nSPS) is 10.8. The zero-order valence-electron chi connectivity index (χ0n) is 19.1. The van der Waals surface area contributed by atoms with Crippen molar-refractivity contribution in [2.75, 3.05) is 12.4 Å². The van der Waals surface area contributed by atoms with Crippen molar-refractivity contribution >= 4 is 40.3 Å². The van der Waals surface area contributed by atoms with E-state index < -0.39 is 5.91 Å². The van der Waals surface area contributed by atoms with E-state index in [1.807, 2.05) is 35.7 Å². The molecule has 0 saturated heterocycles. The van der Waals surface area contributed by atoms with Gasteiger partial charge in [-0.25, -0.2) is 14.5 Å². The topological polar surface area (TPSA) is 137 Å². The molecule has 5 aromatic rings. The number of ether oxygens (including phenoxy) is 1. The van der Waals surface area contributed by atoms with E-state index in [0.717, 1.165) is 11.1 Å². The van der Waals surface area contributed by atoms with Crippen LogP contribution in [0.4, 0.5) is 11.5 Å². The van der Waals surface area contributed by atoms with E-state index in [-0.39, 0.29) is 5.91 Å². The van der Waals surface area contributed by atoms with Crippen LogP contribution < -0.4 is 21.1 Å². The molecule has 3 aromatic heterocycles. The molecule has 2 aromatic carbocycles. The van der Waals surface area contributed by atoms with Gasteiger partial charge in [-0.15, -0.1) is 11.3 Å². The van der Waals surface area contributed by atoms with Gasteiger partial charge < -0.3 is 21.1 Å². The standard InChI is InChI=1S/C25H21N7O3S/c1-35-20-10-17(7-8-18(20)25(34)28-11-15-5-3-2-4-6-15)31-23-24-29-14-30-32(24)19(12-27-23)16-9-21(22(26)33)36-13-16/h2-10,12-14H,11H2,1H3,(H2,26,33)(H,27,31)(H,28,34). The molecule has 5 rings (SSSR count). The molecule has 0 radical (unpaired) electrons. The van der Waals surface area contributed by atoms with Crippen LogP contribution in [0.3, 0.4) is 0 Å². The number of nitrogens with two attached hydrogens (primary N) is 1. The number of methoxy groups -OCH3 is 1. The number of hydrogen-bond donors (Lipinski definition) is 3. The highest BCUT2D eigenvalue weighted by molar-refractivity contribution is 7.12. The molecule has 0 aliphatic heterocycles. The van der Waals surface area contributed by atoms with Gasteiger partial charge in [0, 0.05) is 29.2 Å². The molecule has 10 nitrogen and oxygen atoms in total. The number of fused-ring (bicyclic) bond motifs is 1. The molecule has 2 amide bonds. The van der Waals surface area contributed by atoms with Gasteiger partial charge >= 0.3 is 0 Å². The number of primary amides is 1. The van der Waals surface area contributed by atoms with Crippen LogP contribution in [0.5, 0.6) is 5.75 Å². The number of nitrogens with one attached hydrogen (secondary N) is 2. The summed E-state index contributed by atoms with van der Waals surface area (Å²) in [5.74, 6) is 0.149. The van der Waals surface area contributed by atoms with E-state index in [4.69, 9.17) is 10.5 Å². The summed E-state index contributed by atoms with van der Waals surface area (Å²) >= 11 is 1.25. The number of rotatable bonds is 8. The zero-order chi connectivity index (χ0) is 25.1. The number of aromatic nitrogens is 4. The van der Waals surface area contributed by atoms with Crippen LogP contribution in [0.1, 0.15) is 25.6 Å². The smallest absolute Gasteiger partial charge is 0.258 e. The minimum atomic E-state index is -0.488. The number of anilines is 2. The first-order valence-electron chi connectivity index (χ1n) is 10.9. The Balaban J connectivity index is 1.38. The fraction of sp³-hybridized carbons (Fsp3) is 0.0800. The van der Waals surface area contributed by atoms with Crippen molar-refractivity contribution in [1.29, 1.82) is 0 Å². The first-order valence-corrected chi connectivity index (χ1v) is 11.8. The summed E-state index contributed by atoms with van der Waals surface area (Å²) in [6.07, 6.45) is 3.06. The van der Waals surface area contributed by atoms with Crippen molar-refractivity contribution in [1.82, 2.24) is 24.9 Å². The van der Waals surface area contributed by atoms with Crippen LogP contribution in [-0.2, 0) is 6.54 Å². The predicted molar refractivity (Wildman–Crippen MR) is 137 cm³/mol. The van der Waals surface area contributed by atoms with Gasteiger partial charge in [0.15, 0.2) is 11.5 Å². The summed E-state index contributed by atoms with van der Waals surface area (Å²) < 4.78 is 7.11. The van der Waals surface area contributed by atoms with Crippen LogP contribution in [0, 0.1) is 0 Å². The van der Waals surface area contributed by atoms with Gasteiger partial charge in [0.05, 0.1) is 29.4 Å². The van der Waals surface area contributed by atoms with Crippen molar-refractivity contribution in [2.45, 2.75) is 6.54 Å². The van der Waals surface area contributed by atoms with Crippen molar-refractivity contribution < 1.29 is 14.3 Å². The molecule has 0 aliphatic rings. The number of thiophene rings is 1. The fourth-order valence-electron chi connectivity index (χ4n) is 3.67. The Kier molecular flexibility index (Phi) is 6.29. The summed E-state index contributed by atoms with van der Waals surface area (Å²) in [7, 11) is 1.51. The largest absolute Gasteiger partial charge is 0.496 e. The maximum absolute atomic E-state index is 12.7. The number of nitrogens with zero attached hydrogens (tertiary/aromatic N) is 4. The molecule has 0 unspecified atom stereocenters. The molecule has 0 saturated carbocycles. The molecule has 0 bridgehead atoms. The number of hydrogen-bond acceptors (Lipinski definition) is 8. The highest BCUT2D eigenvalue weighted by atomic mass is 32.1. The molecule has 11 heteroatoms. The van der Waals surface area contributed by atoms with E-state index >= 15 is 0 Å². The van der Waals surface area contributed by atoms with Crippen molar-refractivity contribution in [2.24, 2.45) is 5.73 Å². The molecule has 0 fully saturated rings. The average molecular weight is 500 g/mol. The Bertz CT molecular complexity index is 1560. The SMILES string of the molecule is COc1cc(Nc2ncc(-c3csc(C(N)=O)c3)n3ncnc23)ccc1C(=O)NCc1ccccc1. The first-order chi connectivity index (χ1) is 17.5. The third kappa shape index (κ3) is 4.59. The first kappa shape index (κ1) is 23.0. The lowest BCUT2D eigenvalue weighted by molar-refractivity contribution is 0.0946. The molecule has 0 aliphatic carbocycles. The van der Waals surface area contributed by atoms with E-state index in [9.17, 15) is 9.59 Å². The lowest BCUT2D eigenvalue weighted by atomic mass is 10.1. The molecule has 0 spiro atoms. The van der Waals surface area contributed by atoms with Crippen LogP contribution in [0.15, 0.2) is 72.5 Å². The number of amides is 2. The second kappa shape index (κ2) is 9.84. The Morgan fingerprint density at radius 1 is 1.11 bits per heavy atom. The zero-order valence-corrected chi connectivity index (χ0v) is 20.0. The summed E-state index contributed by atoms with van der Waals surface area (Å²) in [5.41, 5.74) is 9.37. The van der Waals surface area contributed by atoms with Gasteiger partial charge in [-0.3, -0.25) is 9.59 Å². The Morgan fingerprint density at radius 3 is 2.69 bits per heavy atom. The van der Waals surface area contributed by atoms with Crippen LogP contribution in [0.25, 0.3) is 16.9 Å². The minimum absolute atomic E-state index is 0.240. The van der Waals surface area contributed by atoms with E-state index in [2.05, 4.69) is 25.7 Å². The summed E-state index contributed by atoms with van der Waals surface area (Å²) in [6.45, 7) is 0.412. The fourth-order valence-corrected chi connectivity index (χ4v) is 4.42. The summed E-state index contributed by atoms with van der Waals surface area (Å²) in [5, 5.41) is 12.2. The van der Waals surface area contributed by atoms with Crippen molar-refractivity contribution in [3.8, 4) is 17.0 Å². The molecular weight excluding hydrogens is 478 g/mol.